The molecule has 1 N–H and O–H groups in total. The molecule has 0 aliphatic rings. The van der Waals surface area contributed by atoms with Gasteiger partial charge < -0.3 is 9.73 Å². The lowest BCUT2D eigenvalue weighted by atomic mass is 10.2. The van der Waals surface area contributed by atoms with Gasteiger partial charge in [0.1, 0.15) is 5.76 Å². The predicted octanol–water partition coefficient (Wildman–Crippen LogP) is 3.20. The number of nitrogens with one attached hydrogen (secondary N) is 1. The van der Waals surface area contributed by atoms with Crippen molar-refractivity contribution in [3.8, 4) is 0 Å². The molecular formula is C11H11IN2O. The van der Waals surface area contributed by atoms with E-state index in [1.165, 1.54) is 15.5 Å². The number of benzene rings is 1. The molecule has 3 nitrogen and oxygen atoms in total. The molecule has 0 aliphatic carbocycles. The molecule has 1 heterocycles. The van der Waals surface area contributed by atoms with E-state index in [-0.39, 0.29) is 0 Å². The van der Waals surface area contributed by atoms with Crippen LogP contribution in [0.3, 0.4) is 0 Å². The van der Waals surface area contributed by atoms with E-state index in [0.717, 1.165) is 11.4 Å². The SMILES string of the molecule is Cc1ccc(NCc2cnco2)cc1I. The molecule has 1 aromatic carbocycles. The Morgan fingerprint density at radius 1 is 1.47 bits per heavy atom. The van der Waals surface area contributed by atoms with Crippen LogP contribution in [0.15, 0.2) is 35.2 Å². The molecule has 0 saturated carbocycles. The van der Waals surface area contributed by atoms with E-state index in [1.807, 2.05) is 0 Å². The molecule has 0 radical (unpaired) electrons. The van der Waals surface area contributed by atoms with Crippen LogP contribution in [-0.4, -0.2) is 4.98 Å². The molecule has 15 heavy (non-hydrogen) atoms. The highest BCUT2D eigenvalue weighted by Gasteiger charge is 1.99. The number of halogens is 1. The lowest BCUT2D eigenvalue weighted by molar-refractivity contribution is 0.512. The molecule has 0 unspecified atom stereocenters. The summed E-state index contributed by atoms with van der Waals surface area (Å²) in [4.78, 5) is 3.86. The van der Waals surface area contributed by atoms with Crippen LogP contribution < -0.4 is 5.32 Å². The molecule has 0 saturated heterocycles. The van der Waals surface area contributed by atoms with Crippen molar-refractivity contribution >= 4 is 28.3 Å². The fourth-order valence-corrected chi connectivity index (χ4v) is 1.74. The molecule has 0 amide bonds. The number of hydrogen-bond donors (Lipinski definition) is 1. The van der Waals surface area contributed by atoms with E-state index in [1.54, 1.807) is 6.20 Å². The lowest BCUT2D eigenvalue weighted by Gasteiger charge is -2.05. The summed E-state index contributed by atoms with van der Waals surface area (Å²) in [5, 5.41) is 3.28. The summed E-state index contributed by atoms with van der Waals surface area (Å²) in [5.74, 6) is 0.839. The van der Waals surface area contributed by atoms with Crippen molar-refractivity contribution in [2.45, 2.75) is 13.5 Å². The summed E-state index contributed by atoms with van der Waals surface area (Å²) in [6.07, 6.45) is 3.15. The fourth-order valence-electron chi connectivity index (χ4n) is 1.22. The van der Waals surface area contributed by atoms with Crippen LogP contribution in [0.1, 0.15) is 11.3 Å². The maximum absolute atomic E-state index is 5.13. The topological polar surface area (TPSA) is 38.1 Å². The zero-order valence-corrected chi connectivity index (χ0v) is 10.5. The Morgan fingerprint density at radius 2 is 2.33 bits per heavy atom. The summed E-state index contributed by atoms with van der Waals surface area (Å²) < 4.78 is 6.39. The van der Waals surface area contributed by atoms with Gasteiger partial charge in [0.05, 0.1) is 12.7 Å². The van der Waals surface area contributed by atoms with Gasteiger partial charge in [0.15, 0.2) is 6.39 Å². The molecule has 0 atom stereocenters. The largest absolute Gasteiger partial charge is 0.447 e. The minimum absolute atomic E-state index is 0.666. The maximum atomic E-state index is 5.13. The first-order valence-electron chi connectivity index (χ1n) is 4.63. The molecule has 78 valence electrons. The first-order valence-corrected chi connectivity index (χ1v) is 5.71. The van der Waals surface area contributed by atoms with Gasteiger partial charge in [-0.15, -0.1) is 0 Å². The van der Waals surface area contributed by atoms with Crippen LogP contribution >= 0.6 is 22.6 Å². The van der Waals surface area contributed by atoms with Crippen molar-refractivity contribution in [2.75, 3.05) is 5.32 Å². The Bertz CT molecular complexity index is 440. The molecule has 1 aromatic heterocycles. The summed E-state index contributed by atoms with van der Waals surface area (Å²) >= 11 is 2.33. The van der Waals surface area contributed by atoms with Gasteiger partial charge in [-0.2, -0.15) is 0 Å². The first kappa shape index (κ1) is 10.5. The summed E-state index contributed by atoms with van der Waals surface area (Å²) in [5.41, 5.74) is 2.39. The van der Waals surface area contributed by atoms with Crippen LogP contribution in [0.2, 0.25) is 0 Å². The number of rotatable bonds is 3. The molecule has 2 rings (SSSR count). The second kappa shape index (κ2) is 4.65. The number of aromatic nitrogens is 1. The number of oxazole rings is 1. The van der Waals surface area contributed by atoms with Gasteiger partial charge >= 0.3 is 0 Å². The van der Waals surface area contributed by atoms with Crippen LogP contribution in [0.25, 0.3) is 0 Å². The van der Waals surface area contributed by atoms with Gasteiger partial charge in [0.2, 0.25) is 0 Å². The predicted molar refractivity (Wildman–Crippen MR) is 67.7 cm³/mol. The van der Waals surface area contributed by atoms with Crippen molar-refractivity contribution in [1.82, 2.24) is 4.98 Å². The van der Waals surface area contributed by atoms with Crippen molar-refractivity contribution in [2.24, 2.45) is 0 Å². The lowest BCUT2D eigenvalue weighted by Crippen LogP contribution is -1.98. The number of aryl methyl sites for hydroxylation is 1. The molecule has 0 fully saturated rings. The Labute approximate surface area is 102 Å². The quantitative estimate of drug-likeness (QED) is 0.884. The van der Waals surface area contributed by atoms with Gasteiger partial charge in [0, 0.05) is 9.26 Å². The Morgan fingerprint density at radius 3 is 3.00 bits per heavy atom. The average molecular weight is 314 g/mol. The standard InChI is InChI=1S/C11H11IN2O/c1-8-2-3-9(4-11(8)12)14-6-10-5-13-7-15-10/h2-5,7,14H,6H2,1H3. The van der Waals surface area contributed by atoms with Crippen molar-refractivity contribution in [3.05, 3.63) is 45.7 Å². The van der Waals surface area contributed by atoms with E-state index in [0.29, 0.717) is 6.54 Å². The molecule has 0 spiro atoms. The van der Waals surface area contributed by atoms with Crippen LogP contribution in [-0.2, 0) is 6.54 Å². The van der Waals surface area contributed by atoms with Crippen LogP contribution in [0.5, 0.6) is 0 Å². The minimum atomic E-state index is 0.666. The smallest absolute Gasteiger partial charge is 0.180 e. The Hall–Kier alpha value is -1.04. The highest BCUT2D eigenvalue weighted by molar-refractivity contribution is 14.1. The summed E-state index contributed by atoms with van der Waals surface area (Å²) in [7, 11) is 0. The number of nitrogens with zero attached hydrogens (tertiary/aromatic N) is 1. The first-order chi connectivity index (χ1) is 7.25. The van der Waals surface area contributed by atoms with E-state index >= 15 is 0 Å². The molecule has 4 heteroatoms. The number of anilines is 1. The zero-order chi connectivity index (χ0) is 10.7. The Kier molecular flexibility index (Phi) is 3.25. The molecular weight excluding hydrogens is 303 g/mol. The monoisotopic (exact) mass is 314 g/mol. The third-order valence-electron chi connectivity index (χ3n) is 2.12. The fraction of sp³-hybridized carbons (Fsp3) is 0.182. The van der Waals surface area contributed by atoms with Gasteiger partial charge in [0.25, 0.3) is 0 Å². The second-order valence-electron chi connectivity index (χ2n) is 3.29. The molecule has 0 bridgehead atoms. The van der Waals surface area contributed by atoms with Gasteiger partial charge in [-0.1, -0.05) is 6.07 Å². The van der Waals surface area contributed by atoms with Crippen LogP contribution in [0, 0.1) is 10.5 Å². The van der Waals surface area contributed by atoms with Gasteiger partial charge in [-0.05, 0) is 47.2 Å². The highest BCUT2D eigenvalue weighted by Crippen LogP contribution is 2.17. The highest BCUT2D eigenvalue weighted by atomic mass is 127. The van der Waals surface area contributed by atoms with Crippen molar-refractivity contribution < 1.29 is 4.42 Å². The van der Waals surface area contributed by atoms with Gasteiger partial charge in [-0.3, -0.25) is 0 Å². The zero-order valence-electron chi connectivity index (χ0n) is 8.33. The second-order valence-corrected chi connectivity index (χ2v) is 4.45. The molecule has 2 aromatic rings. The summed E-state index contributed by atoms with van der Waals surface area (Å²) in [6, 6.07) is 6.28. The summed E-state index contributed by atoms with van der Waals surface area (Å²) in [6.45, 7) is 2.77. The minimum Gasteiger partial charge on any atom is -0.447 e. The van der Waals surface area contributed by atoms with E-state index < -0.39 is 0 Å². The number of hydrogen-bond acceptors (Lipinski definition) is 3. The third-order valence-corrected chi connectivity index (χ3v) is 3.28. The van der Waals surface area contributed by atoms with Gasteiger partial charge in [-0.25, -0.2) is 4.98 Å². The van der Waals surface area contributed by atoms with Crippen molar-refractivity contribution in [3.63, 3.8) is 0 Å². The average Bonchev–Trinajstić information content (AvgIpc) is 2.73. The Balaban J connectivity index is 2.02. The maximum Gasteiger partial charge on any atom is 0.180 e. The van der Waals surface area contributed by atoms with Crippen LogP contribution in [0.4, 0.5) is 5.69 Å². The van der Waals surface area contributed by atoms with E-state index in [9.17, 15) is 0 Å². The molecule has 0 aliphatic heterocycles. The van der Waals surface area contributed by atoms with E-state index in [2.05, 4.69) is 58.0 Å². The normalized spacial score (nSPS) is 10.3. The van der Waals surface area contributed by atoms with E-state index in [4.69, 9.17) is 4.42 Å². The third kappa shape index (κ3) is 2.71. The van der Waals surface area contributed by atoms with Crippen molar-refractivity contribution in [1.29, 1.82) is 0 Å².